The first kappa shape index (κ1) is 18.1. The predicted molar refractivity (Wildman–Crippen MR) is 99.7 cm³/mol. The molecule has 0 atom stereocenters. The van der Waals surface area contributed by atoms with Gasteiger partial charge in [0.25, 0.3) is 0 Å². The number of nitrogens with zero attached hydrogens (tertiary/aromatic N) is 3. The third kappa shape index (κ3) is 5.44. The molecule has 0 amide bonds. The van der Waals surface area contributed by atoms with E-state index in [-0.39, 0.29) is 0 Å². The molecular formula is C16H18Cl2N6. The Morgan fingerprint density at radius 1 is 1.00 bits per heavy atom. The van der Waals surface area contributed by atoms with Gasteiger partial charge in [0.15, 0.2) is 0 Å². The molecular weight excluding hydrogens is 347 g/mol. The zero-order valence-electron chi connectivity index (χ0n) is 13.2. The topological polar surface area (TPSA) is 74.8 Å². The van der Waals surface area contributed by atoms with Gasteiger partial charge in [0, 0.05) is 13.1 Å². The highest BCUT2D eigenvalue weighted by Crippen LogP contribution is 2.23. The molecule has 3 N–H and O–H groups in total. The van der Waals surface area contributed by atoms with Crippen LogP contribution in [0.2, 0.25) is 10.0 Å². The van der Waals surface area contributed by atoms with Crippen LogP contribution in [-0.2, 0) is 6.54 Å². The molecule has 8 heteroatoms. The number of halogens is 2. The summed E-state index contributed by atoms with van der Waals surface area (Å²) < 4.78 is 0. The largest absolute Gasteiger partial charge is 0.354 e. The highest BCUT2D eigenvalue weighted by atomic mass is 35.5. The quantitative estimate of drug-likeness (QED) is 0.620. The van der Waals surface area contributed by atoms with Crippen molar-refractivity contribution < 1.29 is 0 Å². The Kier molecular flexibility index (Phi) is 6.91. The van der Waals surface area contributed by atoms with E-state index < -0.39 is 0 Å². The van der Waals surface area contributed by atoms with Crippen LogP contribution in [-0.4, -0.2) is 28.0 Å². The zero-order valence-corrected chi connectivity index (χ0v) is 14.7. The lowest BCUT2D eigenvalue weighted by Gasteiger charge is -2.10. The summed E-state index contributed by atoms with van der Waals surface area (Å²) >= 11 is 11.9. The van der Waals surface area contributed by atoms with Gasteiger partial charge in [-0.1, -0.05) is 42.1 Å². The first-order valence-electron chi connectivity index (χ1n) is 7.47. The van der Waals surface area contributed by atoms with Gasteiger partial charge < -0.3 is 16.0 Å². The number of nitrogens with one attached hydrogen (secondary N) is 3. The Balaban J connectivity index is 2.11. The minimum absolute atomic E-state index is 0.337. The van der Waals surface area contributed by atoms with Crippen molar-refractivity contribution in [1.82, 2.24) is 15.0 Å². The molecule has 0 saturated carbocycles. The molecule has 0 aliphatic carbocycles. The summed E-state index contributed by atoms with van der Waals surface area (Å²) in [5.74, 6) is 3.83. The number of anilines is 3. The third-order valence-electron chi connectivity index (χ3n) is 2.95. The Morgan fingerprint density at radius 3 is 2.29 bits per heavy atom. The maximum Gasteiger partial charge on any atom is 0.230 e. The van der Waals surface area contributed by atoms with Gasteiger partial charge in [-0.25, -0.2) is 0 Å². The number of hydrogen-bond donors (Lipinski definition) is 3. The van der Waals surface area contributed by atoms with Crippen molar-refractivity contribution >= 4 is 41.0 Å². The molecule has 1 aromatic heterocycles. The minimum atomic E-state index is 0.337. The summed E-state index contributed by atoms with van der Waals surface area (Å²) in [7, 11) is 0. The first-order chi connectivity index (χ1) is 11.6. The highest BCUT2D eigenvalue weighted by molar-refractivity contribution is 6.42. The van der Waals surface area contributed by atoms with E-state index in [0.717, 1.165) is 18.5 Å². The normalized spacial score (nSPS) is 10.1. The monoisotopic (exact) mass is 364 g/mol. The average Bonchev–Trinajstić information content (AvgIpc) is 2.59. The van der Waals surface area contributed by atoms with Gasteiger partial charge in [0.1, 0.15) is 0 Å². The summed E-state index contributed by atoms with van der Waals surface area (Å²) in [6, 6.07) is 5.43. The zero-order chi connectivity index (χ0) is 17.4. The standard InChI is InChI=1S/C16H18Cl2N6/c1-3-7-19-14-22-15(20-8-4-2)24-16(23-14)21-10-11-5-6-12(17)13(18)9-11/h1,5-6,9H,4,7-8,10H2,2H3,(H3,19,20,21,22,23,24). The highest BCUT2D eigenvalue weighted by Gasteiger charge is 2.06. The number of aromatic nitrogens is 3. The second-order valence-electron chi connectivity index (χ2n) is 4.89. The maximum absolute atomic E-state index is 6.02. The van der Waals surface area contributed by atoms with Gasteiger partial charge >= 0.3 is 0 Å². The van der Waals surface area contributed by atoms with Gasteiger partial charge in [-0.05, 0) is 24.1 Å². The summed E-state index contributed by atoms with van der Waals surface area (Å²) in [5, 5.41) is 10.3. The molecule has 0 unspecified atom stereocenters. The van der Waals surface area contributed by atoms with Gasteiger partial charge in [-0.2, -0.15) is 15.0 Å². The number of rotatable bonds is 8. The summed E-state index contributed by atoms with van der Waals surface area (Å²) in [6.07, 6.45) is 6.22. The van der Waals surface area contributed by atoms with Crippen LogP contribution in [0.5, 0.6) is 0 Å². The second kappa shape index (κ2) is 9.16. The Labute approximate surface area is 151 Å². The Morgan fingerprint density at radius 2 is 1.67 bits per heavy atom. The van der Waals surface area contributed by atoms with Crippen molar-refractivity contribution in [2.45, 2.75) is 19.9 Å². The fraction of sp³-hybridized carbons (Fsp3) is 0.312. The van der Waals surface area contributed by atoms with Crippen molar-refractivity contribution in [2.24, 2.45) is 0 Å². The van der Waals surface area contributed by atoms with Gasteiger partial charge in [0.2, 0.25) is 17.8 Å². The van der Waals surface area contributed by atoms with E-state index in [1.165, 1.54) is 0 Å². The number of hydrogen-bond acceptors (Lipinski definition) is 6. The lowest BCUT2D eigenvalue weighted by molar-refractivity contribution is 0.932. The van der Waals surface area contributed by atoms with Crippen LogP contribution in [0.1, 0.15) is 18.9 Å². The van der Waals surface area contributed by atoms with Gasteiger partial charge in [-0.15, -0.1) is 6.42 Å². The van der Waals surface area contributed by atoms with Crippen LogP contribution in [0.3, 0.4) is 0 Å². The fourth-order valence-electron chi connectivity index (χ4n) is 1.81. The molecule has 0 fully saturated rings. The summed E-state index contributed by atoms with van der Waals surface area (Å²) in [5.41, 5.74) is 0.964. The molecule has 0 aliphatic heterocycles. The van der Waals surface area contributed by atoms with Crippen molar-refractivity contribution in [3.05, 3.63) is 33.8 Å². The van der Waals surface area contributed by atoms with Crippen LogP contribution < -0.4 is 16.0 Å². The van der Waals surface area contributed by atoms with Crippen LogP contribution in [0.15, 0.2) is 18.2 Å². The van der Waals surface area contributed by atoms with E-state index in [0.29, 0.717) is 41.0 Å². The van der Waals surface area contributed by atoms with E-state index in [2.05, 4.69) is 43.7 Å². The summed E-state index contributed by atoms with van der Waals surface area (Å²) in [4.78, 5) is 12.9. The molecule has 6 nitrogen and oxygen atoms in total. The molecule has 0 saturated heterocycles. The molecule has 0 spiro atoms. The van der Waals surface area contributed by atoms with Crippen molar-refractivity contribution in [3.63, 3.8) is 0 Å². The Bertz CT molecular complexity index is 729. The molecule has 2 rings (SSSR count). The van der Waals surface area contributed by atoms with Crippen LogP contribution in [0.4, 0.5) is 17.8 Å². The van der Waals surface area contributed by atoms with E-state index >= 15 is 0 Å². The van der Waals surface area contributed by atoms with Crippen LogP contribution >= 0.6 is 23.2 Å². The minimum Gasteiger partial charge on any atom is -0.354 e. The number of benzene rings is 1. The molecule has 2 aromatic rings. The van der Waals surface area contributed by atoms with Crippen LogP contribution in [0.25, 0.3) is 0 Å². The predicted octanol–water partition coefficient (Wildman–Crippen LogP) is 3.66. The van der Waals surface area contributed by atoms with E-state index in [1.807, 2.05) is 6.07 Å². The van der Waals surface area contributed by atoms with Gasteiger partial charge in [0.05, 0.1) is 16.6 Å². The van der Waals surface area contributed by atoms with Crippen LogP contribution in [0, 0.1) is 12.3 Å². The fourth-order valence-corrected chi connectivity index (χ4v) is 2.13. The second-order valence-corrected chi connectivity index (χ2v) is 5.71. The third-order valence-corrected chi connectivity index (χ3v) is 3.69. The molecule has 126 valence electrons. The van der Waals surface area contributed by atoms with E-state index in [4.69, 9.17) is 29.6 Å². The lowest BCUT2D eigenvalue weighted by Crippen LogP contribution is -2.13. The van der Waals surface area contributed by atoms with Gasteiger partial charge in [-0.3, -0.25) is 0 Å². The average molecular weight is 365 g/mol. The maximum atomic E-state index is 6.02. The van der Waals surface area contributed by atoms with E-state index in [1.54, 1.807) is 12.1 Å². The molecule has 0 aliphatic rings. The van der Waals surface area contributed by atoms with Crippen molar-refractivity contribution in [2.75, 3.05) is 29.0 Å². The molecule has 0 radical (unpaired) electrons. The molecule has 1 heterocycles. The van der Waals surface area contributed by atoms with Crippen molar-refractivity contribution in [3.8, 4) is 12.3 Å². The molecule has 24 heavy (non-hydrogen) atoms. The summed E-state index contributed by atoms with van der Waals surface area (Å²) in [6.45, 7) is 3.67. The Hall–Kier alpha value is -2.23. The smallest absolute Gasteiger partial charge is 0.230 e. The van der Waals surface area contributed by atoms with E-state index in [9.17, 15) is 0 Å². The molecule has 1 aromatic carbocycles. The number of terminal acetylenes is 1. The SMILES string of the molecule is C#CCNc1nc(NCCC)nc(NCc2ccc(Cl)c(Cl)c2)n1. The molecule has 0 bridgehead atoms. The van der Waals surface area contributed by atoms with Crippen molar-refractivity contribution in [1.29, 1.82) is 0 Å². The first-order valence-corrected chi connectivity index (χ1v) is 8.23. The lowest BCUT2D eigenvalue weighted by atomic mass is 10.2.